The second-order valence-corrected chi connectivity index (χ2v) is 7.95. The number of benzene rings is 2. The Hall–Kier alpha value is -3.85. The lowest BCUT2D eigenvalue weighted by atomic mass is 10.1. The lowest BCUT2D eigenvalue weighted by Crippen LogP contribution is -2.50. The van der Waals surface area contributed by atoms with Gasteiger partial charge in [-0.1, -0.05) is 24.3 Å². The first-order valence-electron chi connectivity index (χ1n) is 11.0. The summed E-state index contributed by atoms with van der Waals surface area (Å²) < 4.78 is 26.9. The highest BCUT2D eigenvalue weighted by atomic mass is 19.1. The Kier molecular flexibility index (Phi) is 7.44. The number of piperazine rings is 1. The first-order valence-corrected chi connectivity index (χ1v) is 11.0. The van der Waals surface area contributed by atoms with Gasteiger partial charge in [0, 0.05) is 56.9 Å². The minimum Gasteiger partial charge on any atom is -0.369 e. The number of pyridine rings is 1. The molecule has 176 valence electrons. The minimum atomic E-state index is -1.02. The molecule has 4 rings (SSSR count). The van der Waals surface area contributed by atoms with Crippen molar-refractivity contribution in [3.63, 3.8) is 0 Å². The molecule has 9 heteroatoms. The van der Waals surface area contributed by atoms with Crippen molar-refractivity contribution in [1.82, 2.24) is 15.2 Å². The van der Waals surface area contributed by atoms with E-state index in [0.717, 1.165) is 49.6 Å². The second-order valence-electron chi connectivity index (χ2n) is 7.95. The van der Waals surface area contributed by atoms with Crippen LogP contribution in [0, 0.1) is 11.6 Å². The molecule has 3 aromatic rings. The van der Waals surface area contributed by atoms with Crippen molar-refractivity contribution < 1.29 is 18.4 Å². The minimum absolute atomic E-state index is 0.176. The number of nitrogens with one attached hydrogen (secondary N) is 2. The smallest absolute Gasteiger partial charge is 0.313 e. The van der Waals surface area contributed by atoms with E-state index in [2.05, 4.69) is 37.6 Å². The maximum atomic E-state index is 13.8. The van der Waals surface area contributed by atoms with Crippen LogP contribution in [-0.2, 0) is 9.59 Å². The van der Waals surface area contributed by atoms with Crippen LogP contribution in [0.4, 0.5) is 20.2 Å². The Labute approximate surface area is 196 Å². The molecule has 1 fully saturated rings. The summed E-state index contributed by atoms with van der Waals surface area (Å²) in [7, 11) is 0. The summed E-state index contributed by atoms with van der Waals surface area (Å²) in [4.78, 5) is 33.4. The fraction of sp³-hybridized carbons (Fsp3) is 0.240. The fourth-order valence-corrected chi connectivity index (χ4v) is 4.00. The van der Waals surface area contributed by atoms with Gasteiger partial charge in [-0.3, -0.25) is 19.5 Å². The monoisotopic (exact) mass is 465 g/mol. The first-order chi connectivity index (χ1) is 16.5. The molecule has 2 amide bonds. The van der Waals surface area contributed by atoms with Gasteiger partial charge in [-0.2, -0.15) is 0 Å². The molecule has 1 aliphatic heterocycles. The largest absolute Gasteiger partial charge is 0.369 e. The van der Waals surface area contributed by atoms with E-state index in [-0.39, 0.29) is 18.3 Å². The van der Waals surface area contributed by atoms with E-state index in [9.17, 15) is 18.4 Å². The molecule has 0 aliphatic carbocycles. The van der Waals surface area contributed by atoms with E-state index in [1.807, 2.05) is 30.3 Å². The maximum absolute atomic E-state index is 13.8. The highest BCUT2D eigenvalue weighted by Gasteiger charge is 2.27. The predicted molar refractivity (Wildman–Crippen MR) is 125 cm³/mol. The fourth-order valence-electron chi connectivity index (χ4n) is 4.00. The summed E-state index contributed by atoms with van der Waals surface area (Å²) >= 11 is 0. The lowest BCUT2D eigenvalue weighted by Gasteiger charge is -2.40. The molecule has 2 N–H and O–H groups in total. The van der Waals surface area contributed by atoms with Gasteiger partial charge in [0.15, 0.2) is 0 Å². The van der Waals surface area contributed by atoms with Gasteiger partial charge in [-0.25, -0.2) is 8.78 Å². The van der Waals surface area contributed by atoms with Crippen molar-refractivity contribution in [3.8, 4) is 0 Å². The molecule has 0 radical (unpaired) electrons. The van der Waals surface area contributed by atoms with Gasteiger partial charge in [-0.05, 0) is 35.9 Å². The summed E-state index contributed by atoms with van der Waals surface area (Å²) in [6, 6.07) is 16.5. The van der Waals surface area contributed by atoms with Crippen molar-refractivity contribution in [1.29, 1.82) is 0 Å². The maximum Gasteiger partial charge on any atom is 0.313 e. The molecule has 1 aliphatic rings. The number of hydrogen-bond acceptors (Lipinski definition) is 5. The van der Waals surface area contributed by atoms with Crippen molar-refractivity contribution >= 4 is 23.2 Å². The van der Waals surface area contributed by atoms with Gasteiger partial charge in [0.25, 0.3) is 0 Å². The number of rotatable bonds is 6. The van der Waals surface area contributed by atoms with Crippen LogP contribution < -0.4 is 15.5 Å². The summed E-state index contributed by atoms with van der Waals surface area (Å²) in [6.45, 7) is 3.34. The number of amides is 2. The van der Waals surface area contributed by atoms with Crippen LogP contribution in [0.2, 0.25) is 0 Å². The Morgan fingerprint density at radius 3 is 2.38 bits per heavy atom. The molecule has 1 atom stereocenters. The van der Waals surface area contributed by atoms with Gasteiger partial charge in [0.1, 0.15) is 11.6 Å². The molecular formula is C25H25F2N5O2. The zero-order valence-corrected chi connectivity index (χ0v) is 18.5. The van der Waals surface area contributed by atoms with Crippen LogP contribution in [0.3, 0.4) is 0 Å². The number of carbonyl (C=O) groups is 2. The van der Waals surface area contributed by atoms with Crippen LogP contribution in [0.1, 0.15) is 11.6 Å². The van der Waals surface area contributed by atoms with Gasteiger partial charge < -0.3 is 15.5 Å². The number of anilines is 2. The third kappa shape index (κ3) is 5.74. The zero-order chi connectivity index (χ0) is 23.9. The average molecular weight is 466 g/mol. The molecule has 2 heterocycles. The van der Waals surface area contributed by atoms with Crippen molar-refractivity contribution in [2.75, 3.05) is 42.9 Å². The van der Waals surface area contributed by atoms with E-state index < -0.39 is 23.4 Å². The molecule has 1 aromatic heterocycles. The Balaban J connectivity index is 1.39. The number of carbonyl (C=O) groups excluding carboxylic acids is 2. The summed E-state index contributed by atoms with van der Waals surface area (Å²) in [6.07, 6.45) is 3.42. The van der Waals surface area contributed by atoms with Gasteiger partial charge >= 0.3 is 11.8 Å². The third-order valence-corrected chi connectivity index (χ3v) is 5.79. The van der Waals surface area contributed by atoms with Crippen molar-refractivity contribution in [3.05, 3.63) is 90.3 Å². The van der Waals surface area contributed by atoms with Gasteiger partial charge in [0.05, 0.1) is 11.7 Å². The molecular weight excluding hydrogens is 440 g/mol. The SMILES string of the molecule is O=C(NC[C@@H](c1cccnc1)N1CCN(c2ccccc2)CC1)C(=O)Nc1ccc(F)cc1F. The number of hydrogen-bond donors (Lipinski definition) is 2. The summed E-state index contributed by atoms with van der Waals surface area (Å²) in [5.74, 6) is -3.65. The third-order valence-electron chi connectivity index (χ3n) is 5.79. The normalized spacial score (nSPS) is 14.9. The van der Waals surface area contributed by atoms with E-state index in [1.54, 1.807) is 12.4 Å². The van der Waals surface area contributed by atoms with E-state index >= 15 is 0 Å². The standard InChI is InChI=1S/C25H25F2N5O2/c26-19-8-9-22(21(27)15-19)30-25(34)24(33)29-17-23(18-5-4-10-28-16-18)32-13-11-31(12-14-32)20-6-2-1-3-7-20/h1-10,15-16,23H,11-14,17H2,(H,29,33)(H,30,34)/t23-/m0/s1. The average Bonchev–Trinajstić information content (AvgIpc) is 2.87. The molecule has 2 aromatic carbocycles. The quantitative estimate of drug-likeness (QED) is 0.548. The van der Waals surface area contributed by atoms with Crippen LogP contribution in [-0.4, -0.2) is 54.4 Å². The Morgan fingerprint density at radius 1 is 0.941 bits per heavy atom. The van der Waals surface area contributed by atoms with Crippen molar-refractivity contribution in [2.24, 2.45) is 0 Å². The highest BCUT2D eigenvalue weighted by molar-refractivity contribution is 6.39. The first kappa shape index (κ1) is 23.3. The molecule has 34 heavy (non-hydrogen) atoms. The van der Waals surface area contributed by atoms with Crippen LogP contribution in [0.15, 0.2) is 73.1 Å². The van der Waals surface area contributed by atoms with Crippen molar-refractivity contribution in [2.45, 2.75) is 6.04 Å². The van der Waals surface area contributed by atoms with Crippen LogP contribution in [0.5, 0.6) is 0 Å². The highest BCUT2D eigenvalue weighted by Crippen LogP contribution is 2.23. The molecule has 7 nitrogen and oxygen atoms in total. The Bertz CT molecular complexity index is 1120. The van der Waals surface area contributed by atoms with E-state index in [4.69, 9.17) is 0 Å². The number of aromatic nitrogens is 1. The van der Waals surface area contributed by atoms with Gasteiger partial charge in [-0.15, -0.1) is 0 Å². The molecule has 1 saturated heterocycles. The number of para-hydroxylation sites is 1. The van der Waals surface area contributed by atoms with Crippen LogP contribution >= 0.6 is 0 Å². The lowest BCUT2D eigenvalue weighted by molar-refractivity contribution is -0.136. The molecule has 0 spiro atoms. The second kappa shape index (κ2) is 10.8. The van der Waals surface area contributed by atoms with Crippen LogP contribution in [0.25, 0.3) is 0 Å². The predicted octanol–water partition coefficient (Wildman–Crippen LogP) is 2.98. The number of halogens is 2. The number of nitrogens with zero attached hydrogens (tertiary/aromatic N) is 3. The zero-order valence-electron chi connectivity index (χ0n) is 18.5. The van der Waals surface area contributed by atoms with E-state index in [0.29, 0.717) is 6.07 Å². The molecule has 0 saturated carbocycles. The Morgan fingerprint density at radius 2 is 1.71 bits per heavy atom. The van der Waals surface area contributed by atoms with Gasteiger partial charge in [0.2, 0.25) is 0 Å². The molecule has 0 unspecified atom stereocenters. The molecule has 0 bridgehead atoms. The van der Waals surface area contributed by atoms with E-state index in [1.165, 1.54) is 0 Å². The summed E-state index contributed by atoms with van der Waals surface area (Å²) in [5, 5.41) is 4.82. The summed E-state index contributed by atoms with van der Waals surface area (Å²) in [5.41, 5.74) is 1.82. The topological polar surface area (TPSA) is 77.6 Å².